The van der Waals surface area contributed by atoms with Crippen LogP contribution in [0.25, 0.3) is 11.5 Å². The van der Waals surface area contributed by atoms with Crippen molar-refractivity contribution in [2.24, 2.45) is 0 Å². The van der Waals surface area contributed by atoms with E-state index in [2.05, 4.69) is 30.1 Å². The summed E-state index contributed by atoms with van der Waals surface area (Å²) in [6, 6.07) is 7.80. The average Bonchev–Trinajstić information content (AvgIpc) is 2.81. The number of aromatic nitrogens is 2. The number of benzene rings is 1. The molecule has 16 heavy (non-hydrogen) atoms. The fourth-order valence-electron chi connectivity index (χ4n) is 1.59. The van der Waals surface area contributed by atoms with Crippen molar-refractivity contribution in [1.82, 2.24) is 10.2 Å². The van der Waals surface area contributed by atoms with E-state index in [1.54, 1.807) is 6.07 Å². The maximum absolute atomic E-state index is 9.07. The molecule has 0 saturated heterocycles. The third kappa shape index (κ3) is 1.80. The molecule has 0 saturated carbocycles. The van der Waals surface area contributed by atoms with Gasteiger partial charge in [0.15, 0.2) is 0 Å². The topological polar surface area (TPSA) is 62.7 Å². The van der Waals surface area contributed by atoms with Crippen LogP contribution < -0.4 is 0 Å². The molecule has 0 radical (unpaired) electrons. The Morgan fingerprint density at radius 3 is 2.75 bits per heavy atom. The van der Waals surface area contributed by atoms with Gasteiger partial charge in [-0.05, 0) is 23.6 Å². The Bertz CT molecular complexity index is 524. The number of nitrogens with zero attached hydrogens (tertiary/aromatic N) is 3. The quantitative estimate of drug-likeness (QED) is 0.769. The molecule has 0 fully saturated rings. The van der Waals surface area contributed by atoms with Gasteiger partial charge in [-0.25, -0.2) is 0 Å². The Morgan fingerprint density at radius 1 is 1.38 bits per heavy atom. The maximum atomic E-state index is 9.07. The van der Waals surface area contributed by atoms with Gasteiger partial charge in [-0.1, -0.05) is 19.9 Å². The molecule has 0 spiro atoms. The first kappa shape index (κ1) is 10.4. The summed E-state index contributed by atoms with van der Waals surface area (Å²) in [5, 5.41) is 16.5. The van der Waals surface area contributed by atoms with E-state index in [-0.39, 0.29) is 0 Å². The van der Waals surface area contributed by atoms with Crippen molar-refractivity contribution in [2.75, 3.05) is 0 Å². The Balaban J connectivity index is 2.50. The highest BCUT2D eigenvalue weighted by molar-refractivity contribution is 5.58. The first-order valence-corrected chi connectivity index (χ1v) is 5.03. The summed E-state index contributed by atoms with van der Waals surface area (Å²) in [5.74, 6) is 0.762. The molecule has 1 aromatic heterocycles. The van der Waals surface area contributed by atoms with Crippen molar-refractivity contribution in [1.29, 1.82) is 5.26 Å². The lowest BCUT2D eigenvalue weighted by molar-refractivity contribution is 0.568. The second kappa shape index (κ2) is 4.15. The van der Waals surface area contributed by atoms with Crippen molar-refractivity contribution in [3.05, 3.63) is 35.7 Å². The zero-order chi connectivity index (χ0) is 11.5. The van der Waals surface area contributed by atoms with Gasteiger partial charge in [-0.3, -0.25) is 0 Å². The van der Waals surface area contributed by atoms with Crippen LogP contribution in [0, 0.1) is 11.3 Å². The zero-order valence-electron chi connectivity index (χ0n) is 9.14. The smallest absolute Gasteiger partial charge is 0.247 e. The maximum Gasteiger partial charge on any atom is 0.247 e. The van der Waals surface area contributed by atoms with E-state index >= 15 is 0 Å². The van der Waals surface area contributed by atoms with E-state index < -0.39 is 0 Å². The highest BCUT2D eigenvalue weighted by Crippen LogP contribution is 2.24. The van der Waals surface area contributed by atoms with Gasteiger partial charge in [0.25, 0.3) is 0 Å². The second-order valence-corrected chi connectivity index (χ2v) is 3.81. The van der Waals surface area contributed by atoms with Crippen LogP contribution >= 0.6 is 0 Å². The Kier molecular flexibility index (Phi) is 2.69. The van der Waals surface area contributed by atoms with Crippen molar-refractivity contribution in [3.63, 3.8) is 0 Å². The standard InChI is InChI=1S/C12H11N3O/c1-8(2)11-4-3-9(5-10(11)6-13)12-15-14-7-16-12/h3-5,7-8H,1-2H3. The highest BCUT2D eigenvalue weighted by atomic mass is 16.4. The predicted molar refractivity (Wildman–Crippen MR) is 58.5 cm³/mol. The molecular formula is C12H11N3O. The molecule has 80 valence electrons. The van der Waals surface area contributed by atoms with Gasteiger partial charge >= 0.3 is 0 Å². The van der Waals surface area contributed by atoms with Crippen LogP contribution in [0.3, 0.4) is 0 Å². The third-order valence-electron chi connectivity index (χ3n) is 2.40. The van der Waals surface area contributed by atoms with Crippen LogP contribution in [0.1, 0.15) is 30.9 Å². The molecule has 2 rings (SSSR count). The van der Waals surface area contributed by atoms with E-state index in [0.29, 0.717) is 17.4 Å². The summed E-state index contributed by atoms with van der Waals surface area (Å²) >= 11 is 0. The molecule has 1 heterocycles. The largest absolute Gasteiger partial charge is 0.423 e. The molecule has 4 nitrogen and oxygen atoms in total. The van der Waals surface area contributed by atoms with Crippen LogP contribution in [0.2, 0.25) is 0 Å². The molecule has 1 aromatic carbocycles. The van der Waals surface area contributed by atoms with Crippen LogP contribution in [-0.2, 0) is 0 Å². The monoisotopic (exact) mass is 213 g/mol. The molecule has 0 amide bonds. The second-order valence-electron chi connectivity index (χ2n) is 3.81. The minimum absolute atomic E-state index is 0.325. The van der Waals surface area contributed by atoms with Gasteiger partial charge < -0.3 is 4.42 Å². The van der Waals surface area contributed by atoms with Crippen molar-refractivity contribution < 1.29 is 4.42 Å². The SMILES string of the molecule is CC(C)c1ccc(-c2nnco2)cc1C#N. The fourth-order valence-corrected chi connectivity index (χ4v) is 1.59. The Hall–Kier alpha value is -2.15. The number of rotatable bonds is 2. The van der Waals surface area contributed by atoms with Crippen LogP contribution in [-0.4, -0.2) is 10.2 Å². The molecule has 0 aliphatic carbocycles. The van der Waals surface area contributed by atoms with Crippen LogP contribution in [0.15, 0.2) is 29.0 Å². The molecular weight excluding hydrogens is 202 g/mol. The summed E-state index contributed by atoms with van der Waals surface area (Å²) in [4.78, 5) is 0. The summed E-state index contributed by atoms with van der Waals surface area (Å²) in [7, 11) is 0. The van der Waals surface area contributed by atoms with Crippen molar-refractivity contribution >= 4 is 0 Å². The molecule has 2 aromatic rings. The van der Waals surface area contributed by atoms with E-state index in [4.69, 9.17) is 9.68 Å². The summed E-state index contributed by atoms with van der Waals surface area (Å²) in [6.07, 6.45) is 1.28. The molecule has 4 heteroatoms. The molecule has 0 bridgehead atoms. The molecule has 0 aliphatic rings. The first-order chi connectivity index (χ1) is 7.72. The fraction of sp³-hybridized carbons (Fsp3) is 0.250. The van der Waals surface area contributed by atoms with E-state index in [9.17, 15) is 0 Å². The molecule has 0 N–H and O–H groups in total. The predicted octanol–water partition coefficient (Wildman–Crippen LogP) is 2.73. The minimum atomic E-state index is 0.325. The molecule has 0 aliphatic heterocycles. The first-order valence-electron chi connectivity index (χ1n) is 5.03. The van der Waals surface area contributed by atoms with E-state index in [1.165, 1.54) is 6.39 Å². The van der Waals surface area contributed by atoms with Crippen LogP contribution in [0.5, 0.6) is 0 Å². The lowest BCUT2D eigenvalue weighted by atomic mass is 9.96. The van der Waals surface area contributed by atoms with Gasteiger partial charge in [0.05, 0.1) is 11.6 Å². The van der Waals surface area contributed by atoms with E-state index in [0.717, 1.165) is 11.1 Å². The molecule has 0 atom stereocenters. The summed E-state index contributed by atoms with van der Waals surface area (Å²) < 4.78 is 5.09. The van der Waals surface area contributed by atoms with Crippen LogP contribution in [0.4, 0.5) is 0 Å². The third-order valence-corrected chi connectivity index (χ3v) is 2.40. The normalized spacial score (nSPS) is 10.4. The lowest BCUT2D eigenvalue weighted by Gasteiger charge is -2.08. The van der Waals surface area contributed by atoms with Gasteiger partial charge in [-0.2, -0.15) is 5.26 Å². The van der Waals surface area contributed by atoms with Gasteiger partial charge in [0.1, 0.15) is 0 Å². The Morgan fingerprint density at radius 2 is 2.19 bits per heavy atom. The highest BCUT2D eigenvalue weighted by Gasteiger charge is 2.10. The summed E-state index contributed by atoms with van der Waals surface area (Å²) in [6.45, 7) is 4.12. The number of hydrogen-bond donors (Lipinski definition) is 0. The van der Waals surface area contributed by atoms with Gasteiger partial charge in [0.2, 0.25) is 12.3 Å². The van der Waals surface area contributed by atoms with Gasteiger partial charge in [0, 0.05) is 5.56 Å². The number of nitriles is 1. The molecule has 0 unspecified atom stereocenters. The minimum Gasteiger partial charge on any atom is -0.423 e. The zero-order valence-corrected chi connectivity index (χ0v) is 9.14. The van der Waals surface area contributed by atoms with Crippen molar-refractivity contribution in [2.45, 2.75) is 19.8 Å². The number of hydrogen-bond acceptors (Lipinski definition) is 4. The Labute approximate surface area is 93.5 Å². The lowest BCUT2D eigenvalue weighted by Crippen LogP contribution is -1.93. The van der Waals surface area contributed by atoms with E-state index in [1.807, 2.05) is 12.1 Å². The van der Waals surface area contributed by atoms with Gasteiger partial charge in [-0.15, -0.1) is 10.2 Å². The van der Waals surface area contributed by atoms with Crippen molar-refractivity contribution in [3.8, 4) is 17.5 Å². The summed E-state index contributed by atoms with van der Waals surface area (Å²) in [5.41, 5.74) is 2.47. The average molecular weight is 213 g/mol.